The first kappa shape index (κ1) is 26.9. The zero-order valence-corrected chi connectivity index (χ0v) is 22.4. The Morgan fingerprint density at radius 3 is 2.65 bits per heavy atom. The molecule has 2 atom stereocenters. The number of H-pyrrole nitrogens is 1. The molecule has 0 radical (unpaired) electrons. The number of aromatic amines is 1. The third-order valence-corrected chi connectivity index (χ3v) is 7.68. The first-order chi connectivity index (χ1) is 17.3. The van der Waals surface area contributed by atoms with Gasteiger partial charge in [0, 0.05) is 29.4 Å². The number of anilines is 3. The number of pyridine rings is 1. The van der Waals surface area contributed by atoms with Gasteiger partial charge >= 0.3 is 10.1 Å². The number of carbonyl (C=O) groups excluding carboxylic acids is 1. The van der Waals surface area contributed by atoms with E-state index in [2.05, 4.69) is 20.0 Å². The molecule has 0 saturated carbocycles. The quantitative estimate of drug-likeness (QED) is 0.177. The summed E-state index contributed by atoms with van der Waals surface area (Å²) in [7, 11) is -7.99. The van der Waals surface area contributed by atoms with Crippen molar-refractivity contribution in [3.63, 3.8) is 0 Å². The van der Waals surface area contributed by atoms with Gasteiger partial charge in [0.05, 0.1) is 30.5 Å². The molecule has 1 aromatic carbocycles. The second kappa shape index (κ2) is 9.93. The van der Waals surface area contributed by atoms with E-state index in [9.17, 15) is 26.2 Å². The van der Waals surface area contributed by atoms with Gasteiger partial charge in [0.15, 0.2) is 18.1 Å². The number of hydrogen-bond donors (Lipinski definition) is 4. The molecule has 3 aromatic rings. The highest BCUT2D eigenvalue weighted by molar-refractivity contribution is 7.92. The number of carbonyl (C=O) groups is 1. The summed E-state index contributed by atoms with van der Waals surface area (Å²) in [4.78, 5) is 22.1. The summed E-state index contributed by atoms with van der Waals surface area (Å²) in [6.07, 6.45) is 3.41. The molecule has 200 valence electrons. The van der Waals surface area contributed by atoms with Gasteiger partial charge in [-0.1, -0.05) is 0 Å². The van der Waals surface area contributed by atoms with Crippen LogP contribution in [0.3, 0.4) is 0 Å². The Bertz CT molecular complexity index is 1520. The van der Waals surface area contributed by atoms with Crippen LogP contribution in [0.15, 0.2) is 42.6 Å². The molecule has 4 N–H and O–H groups in total. The summed E-state index contributed by atoms with van der Waals surface area (Å²) in [6, 6.07) is 9.55. The molecule has 37 heavy (non-hydrogen) atoms. The standard InChI is InChI=1S/C23H30N6O6S2/c1-16(2)25-21-5-4-8-24-23(21)28-9-10-29(15-37(33,34)35,19(13-28)14-30)22-12-17-11-18(27-36(3,31)32)6-7-20(17)26-22/h4-8,11-12,14,16,19,25-27H,9-10,13,15H2,1-3H3/p+1. The van der Waals surface area contributed by atoms with Crippen molar-refractivity contribution in [2.45, 2.75) is 25.9 Å². The molecule has 0 amide bonds. The maximum Gasteiger partial charge on any atom is 0.316 e. The second-order valence-electron chi connectivity index (χ2n) is 9.62. The van der Waals surface area contributed by atoms with E-state index in [1.807, 2.05) is 30.9 Å². The van der Waals surface area contributed by atoms with Gasteiger partial charge in [0.25, 0.3) is 0 Å². The number of fused-ring (bicyclic) bond motifs is 1. The number of hydrogen-bond acceptors (Lipinski definition) is 8. The van der Waals surface area contributed by atoms with Gasteiger partial charge in [-0.25, -0.2) is 13.4 Å². The molecular weight excluding hydrogens is 520 g/mol. The van der Waals surface area contributed by atoms with Gasteiger partial charge in [-0.3, -0.25) is 18.6 Å². The van der Waals surface area contributed by atoms with Gasteiger partial charge in [0.1, 0.15) is 6.54 Å². The highest BCUT2D eigenvalue weighted by Crippen LogP contribution is 2.35. The minimum absolute atomic E-state index is 0.150. The maximum atomic E-state index is 12.5. The van der Waals surface area contributed by atoms with Gasteiger partial charge in [-0.2, -0.15) is 8.42 Å². The van der Waals surface area contributed by atoms with Gasteiger partial charge in [-0.05, 0) is 44.2 Å². The van der Waals surface area contributed by atoms with Crippen molar-refractivity contribution in [1.29, 1.82) is 0 Å². The predicted octanol–water partition coefficient (Wildman–Crippen LogP) is 1.99. The Labute approximate surface area is 216 Å². The number of sulfonamides is 1. The highest BCUT2D eigenvalue weighted by Gasteiger charge is 2.48. The van der Waals surface area contributed by atoms with E-state index in [0.717, 1.165) is 11.9 Å². The number of nitrogens with zero attached hydrogens (tertiary/aromatic N) is 3. The van der Waals surface area contributed by atoms with Crippen LogP contribution in [0.1, 0.15) is 13.8 Å². The van der Waals surface area contributed by atoms with E-state index >= 15 is 0 Å². The molecule has 0 bridgehead atoms. The lowest BCUT2D eigenvalue weighted by molar-refractivity contribution is -0.112. The van der Waals surface area contributed by atoms with Crippen LogP contribution in [-0.4, -0.2) is 81.5 Å². The topological polar surface area (TPSA) is 162 Å². The van der Waals surface area contributed by atoms with Crippen molar-refractivity contribution in [1.82, 2.24) is 14.5 Å². The van der Waals surface area contributed by atoms with Gasteiger partial charge in [0.2, 0.25) is 21.7 Å². The lowest BCUT2D eigenvalue weighted by Gasteiger charge is -2.46. The van der Waals surface area contributed by atoms with Crippen molar-refractivity contribution < 1.29 is 26.2 Å². The third kappa shape index (κ3) is 6.04. The first-order valence-corrected chi connectivity index (χ1v) is 15.1. The Balaban J connectivity index is 1.75. The van der Waals surface area contributed by atoms with Crippen molar-refractivity contribution in [3.8, 4) is 0 Å². The number of piperazine rings is 1. The summed E-state index contributed by atoms with van der Waals surface area (Å²) < 4.78 is 59.6. The first-order valence-electron chi connectivity index (χ1n) is 11.6. The summed E-state index contributed by atoms with van der Waals surface area (Å²) in [6.45, 7) is 4.71. The fraction of sp³-hybridized carbons (Fsp3) is 0.391. The van der Waals surface area contributed by atoms with Crippen molar-refractivity contribution >= 4 is 60.3 Å². The molecule has 2 aromatic heterocycles. The van der Waals surface area contributed by atoms with Crippen LogP contribution in [0.5, 0.6) is 0 Å². The molecule has 0 spiro atoms. The lowest BCUT2D eigenvalue weighted by Crippen LogP contribution is -2.69. The number of quaternary nitrogens is 1. The normalized spacial score (nSPS) is 20.8. The number of nitrogens with one attached hydrogen (secondary N) is 3. The average Bonchev–Trinajstić information content (AvgIpc) is 3.21. The minimum atomic E-state index is -4.49. The van der Waals surface area contributed by atoms with Crippen LogP contribution < -0.4 is 19.4 Å². The molecule has 1 fully saturated rings. The highest BCUT2D eigenvalue weighted by atomic mass is 32.2. The summed E-state index contributed by atoms with van der Waals surface area (Å²) in [5.41, 5.74) is 1.77. The van der Waals surface area contributed by atoms with Crippen LogP contribution in [0.4, 0.5) is 23.0 Å². The number of aldehydes is 1. The molecule has 0 aliphatic carbocycles. The number of benzene rings is 1. The Morgan fingerprint density at radius 2 is 2.00 bits per heavy atom. The SMILES string of the molecule is CC(C)Nc1cccnc1N1CC[N+](CS(=O)(=O)O)(c2cc3cc(NS(C)(=O)=O)ccc3[nH]2)C(C=O)C1. The Morgan fingerprint density at radius 1 is 1.24 bits per heavy atom. The van der Waals surface area contributed by atoms with E-state index in [1.54, 1.807) is 30.5 Å². The molecule has 1 saturated heterocycles. The van der Waals surface area contributed by atoms with Crippen molar-refractivity contribution in [2.75, 3.05) is 46.7 Å². The fourth-order valence-corrected chi connectivity index (χ4v) is 6.41. The average molecular weight is 552 g/mol. The minimum Gasteiger partial charge on any atom is -0.380 e. The largest absolute Gasteiger partial charge is 0.380 e. The van der Waals surface area contributed by atoms with Gasteiger partial charge in [-0.15, -0.1) is 0 Å². The van der Waals surface area contributed by atoms with E-state index < -0.39 is 32.1 Å². The third-order valence-electron chi connectivity index (χ3n) is 6.28. The molecular formula is C23H31N6O6S2+. The Kier molecular flexibility index (Phi) is 7.21. The smallest absolute Gasteiger partial charge is 0.316 e. The zero-order chi connectivity index (χ0) is 27.0. The van der Waals surface area contributed by atoms with Crippen LogP contribution in [0.25, 0.3) is 10.9 Å². The molecule has 1 aliphatic heterocycles. The van der Waals surface area contributed by atoms with Crippen molar-refractivity contribution in [3.05, 3.63) is 42.6 Å². The molecule has 2 unspecified atom stereocenters. The molecule has 12 nitrogen and oxygen atoms in total. The monoisotopic (exact) mass is 551 g/mol. The Hall–Kier alpha value is -3.20. The van der Waals surface area contributed by atoms with Crippen LogP contribution in [0.2, 0.25) is 0 Å². The summed E-state index contributed by atoms with van der Waals surface area (Å²) in [5.74, 6) is 0.369. The second-order valence-corrected chi connectivity index (χ2v) is 12.8. The van der Waals surface area contributed by atoms with Crippen LogP contribution in [-0.2, 0) is 24.9 Å². The molecule has 4 rings (SSSR count). The number of aromatic nitrogens is 2. The zero-order valence-electron chi connectivity index (χ0n) is 20.7. The van der Waals surface area contributed by atoms with Crippen LogP contribution in [0, 0.1) is 0 Å². The van der Waals surface area contributed by atoms with Crippen molar-refractivity contribution in [2.24, 2.45) is 0 Å². The number of rotatable bonds is 9. The molecule has 1 aliphatic rings. The molecule has 14 heteroatoms. The van der Waals surface area contributed by atoms with E-state index in [1.165, 1.54) is 0 Å². The molecule has 3 heterocycles. The van der Waals surface area contributed by atoms with Crippen LogP contribution >= 0.6 is 0 Å². The summed E-state index contributed by atoms with van der Waals surface area (Å²) >= 11 is 0. The van der Waals surface area contributed by atoms with E-state index in [0.29, 0.717) is 41.1 Å². The predicted molar refractivity (Wildman–Crippen MR) is 145 cm³/mol. The maximum absolute atomic E-state index is 12.5. The lowest BCUT2D eigenvalue weighted by atomic mass is 10.1. The fourth-order valence-electron chi connectivity index (χ4n) is 4.82. The van der Waals surface area contributed by atoms with E-state index in [4.69, 9.17) is 0 Å². The van der Waals surface area contributed by atoms with Gasteiger partial charge < -0.3 is 15.2 Å². The van der Waals surface area contributed by atoms with E-state index in [-0.39, 0.29) is 23.6 Å². The summed E-state index contributed by atoms with van der Waals surface area (Å²) in [5, 5.41) is 3.97.